The Morgan fingerprint density at radius 1 is 1.46 bits per heavy atom. The van der Waals surface area contributed by atoms with Crippen LogP contribution in [0.3, 0.4) is 0 Å². The van der Waals surface area contributed by atoms with Crippen LogP contribution in [-0.2, 0) is 14.4 Å². The number of nitrogens with one attached hydrogen (secondary N) is 1. The van der Waals surface area contributed by atoms with Gasteiger partial charge in [-0.15, -0.1) is 0 Å². The third kappa shape index (κ3) is 2.17. The third-order valence-electron chi connectivity index (χ3n) is 1.94. The second-order valence-electron chi connectivity index (χ2n) is 2.95. The number of amides is 1. The van der Waals surface area contributed by atoms with E-state index in [2.05, 4.69) is 5.32 Å². The average Bonchev–Trinajstić information content (AvgIpc) is 2.29. The lowest BCUT2D eigenvalue weighted by atomic mass is 9.97. The van der Waals surface area contributed by atoms with Gasteiger partial charge in [0.25, 0.3) is 0 Å². The van der Waals surface area contributed by atoms with Gasteiger partial charge in [-0.3, -0.25) is 9.59 Å². The molecule has 0 unspecified atom stereocenters. The zero-order valence-corrected chi connectivity index (χ0v) is 6.69. The molecule has 13 heavy (non-hydrogen) atoms. The Morgan fingerprint density at radius 2 is 2.08 bits per heavy atom. The van der Waals surface area contributed by atoms with E-state index in [0.29, 0.717) is 0 Å². The number of carbonyl (C=O) groups excluding carboxylic acids is 1. The van der Waals surface area contributed by atoms with Crippen LogP contribution >= 0.6 is 0 Å². The molecule has 0 spiro atoms. The van der Waals surface area contributed by atoms with Crippen LogP contribution in [0.4, 0.5) is 0 Å². The summed E-state index contributed by atoms with van der Waals surface area (Å²) in [6, 6.07) is -1.05. The molecule has 1 fully saturated rings. The Bertz CT molecular complexity index is 262. The number of aliphatic carboxylic acids is 2. The molecule has 6 nitrogen and oxygen atoms in total. The second-order valence-corrected chi connectivity index (χ2v) is 2.95. The van der Waals surface area contributed by atoms with Crippen LogP contribution in [0.15, 0.2) is 0 Å². The summed E-state index contributed by atoms with van der Waals surface area (Å²) in [5.74, 6) is -3.31. The Balaban J connectivity index is 2.66. The summed E-state index contributed by atoms with van der Waals surface area (Å²) in [5, 5.41) is 19.2. The van der Waals surface area contributed by atoms with Gasteiger partial charge in [-0.05, 0) is 0 Å². The zero-order chi connectivity index (χ0) is 10.0. The Hall–Kier alpha value is -1.59. The van der Waals surface area contributed by atoms with Crippen molar-refractivity contribution in [3.05, 3.63) is 0 Å². The molecule has 1 amide bonds. The van der Waals surface area contributed by atoms with Gasteiger partial charge in [0.1, 0.15) is 6.04 Å². The van der Waals surface area contributed by atoms with Crippen molar-refractivity contribution in [2.24, 2.45) is 5.92 Å². The van der Waals surface area contributed by atoms with Crippen LogP contribution in [0, 0.1) is 5.92 Å². The molecule has 72 valence electrons. The number of hydrogen-bond acceptors (Lipinski definition) is 3. The van der Waals surface area contributed by atoms with Crippen molar-refractivity contribution in [3.63, 3.8) is 0 Å². The average molecular weight is 187 g/mol. The summed E-state index contributed by atoms with van der Waals surface area (Å²) in [7, 11) is 0. The highest BCUT2D eigenvalue weighted by Crippen LogP contribution is 2.20. The fraction of sp³-hybridized carbons (Fsp3) is 0.571. The summed E-state index contributed by atoms with van der Waals surface area (Å²) >= 11 is 0. The van der Waals surface area contributed by atoms with Crippen LogP contribution in [0.25, 0.3) is 0 Å². The van der Waals surface area contributed by atoms with Crippen molar-refractivity contribution in [2.75, 3.05) is 0 Å². The lowest BCUT2D eigenvalue weighted by molar-refractivity contribution is -0.142. The van der Waals surface area contributed by atoms with E-state index in [1.165, 1.54) is 0 Å². The van der Waals surface area contributed by atoms with Gasteiger partial charge < -0.3 is 15.5 Å². The van der Waals surface area contributed by atoms with Crippen LogP contribution < -0.4 is 5.32 Å². The maximum absolute atomic E-state index is 10.8. The SMILES string of the molecule is O=C(O)C[C@H]1CC(=O)N[C@H]1C(=O)O. The maximum atomic E-state index is 10.8. The normalized spacial score (nSPS) is 26.9. The predicted octanol–water partition coefficient (Wildman–Crippen LogP) is -0.950. The van der Waals surface area contributed by atoms with E-state index < -0.39 is 29.8 Å². The number of carbonyl (C=O) groups is 3. The molecule has 0 saturated carbocycles. The molecule has 1 heterocycles. The van der Waals surface area contributed by atoms with E-state index >= 15 is 0 Å². The molecular weight excluding hydrogens is 178 g/mol. The monoisotopic (exact) mass is 187 g/mol. The van der Waals surface area contributed by atoms with E-state index in [9.17, 15) is 14.4 Å². The van der Waals surface area contributed by atoms with Gasteiger partial charge in [0.2, 0.25) is 5.91 Å². The highest BCUT2D eigenvalue weighted by molar-refractivity contribution is 5.88. The topological polar surface area (TPSA) is 104 Å². The van der Waals surface area contributed by atoms with Crippen molar-refractivity contribution < 1.29 is 24.6 Å². The first-order valence-corrected chi connectivity index (χ1v) is 3.74. The molecule has 3 N–H and O–H groups in total. The van der Waals surface area contributed by atoms with Crippen molar-refractivity contribution in [1.82, 2.24) is 5.32 Å². The molecule has 1 aliphatic rings. The number of carboxylic acids is 2. The Morgan fingerprint density at radius 3 is 2.54 bits per heavy atom. The Labute approximate surface area is 73.5 Å². The lowest BCUT2D eigenvalue weighted by Gasteiger charge is -2.11. The summed E-state index contributed by atoms with van der Waals surface area (Å²) in [5.41, 5.74) is 0. The van der Waals surface area contributed by atoms with E-state index in [-0.39, 0.29) is 12.8 Å². The molecular formula is C7H9NO5. The molecule has 1 saturated heterocycles. The molecule has 0 aromatic carbocycles. The summed E-state index contributed by atoms with van der Waals surface area (Å²) < 4.78 is 0. The van der Waals surface area contributed by atoms with Crippen LogP contribution in [0.2, 0.25) is 0 Å². The molecule has 1 aliphatic heterocycles. The van der Waals surface area contributed by atoms with Gasteiger partial charge in [0, 0.05) is 12.3 Å². The van der Waals surface area contributed by atoms with Gasteiger partial charge in [-0.1, -0.05) is 0 Å². The van der Waals surface area contributed by atoms with Crippen molar-refractivity contribution in [2.45, 2.75) is 18.9 Å². The largest absolute Gasteiger partial charge is 0.481 e. The van der Waals surface area contributed by atoms with Crippen molar-refractivity contribution >= 4 is 17.8 Å². The molecule has 0 aliphatic carbocycles. The quantitative estimate of drug-likeness (QED) is 0.528. The smallest absolute Gasteiger partial charge is 0.326 e. The van der Waals surface area contributed by atoms with Crippen LogP contribution in [-0.4, -0.2) is 34.1 Å². The minimum Gasteiger partial charge on any atom is -0.481 e. The highest BCUT2D eigenvalue weighted by Gasteiger charge is 2.38. The standard InChI is InChI=1S/C7H9NO5/c9-4-1-3(2-5(10)11)6(8-4)7(12)13/h3,6H,1-2H2,(H,8,9)(H,10,11)(H,12,13)/t3-,6-/m1/s1. The van der Waals surface area contributed by atoms with Crippen molar-refractivity contribution in [3.8, 4) is 0 Å². The fourth-order valence-electron chi connectivity index (χ4n) is 1.38. The minimum atomic E-state index is -1.18. The first-order valence-electron chi connectivity index (χ1n) is 3.74. The zero-order valence-electron chi connectivity index (χ0n) is 6.69. The van der Waals surface area contributed by atoms with Gasteiger partial charge >= 0.3 is 11.9 Å². The van der Waals surface area contributed by atoms with Gasteiger partial charge in [0.05, 0.1) is 6.42 Å². The molecule has 1 rings (SSSR count). The maximum Gasteiger partial charge on any atom is 0.326 e. The lowest BCUT2D eigenvalue weighted by Crippen LogP contribution is -2.37. The van der Waals surface area contributed by atoms with E-state index in [1.54, 1.807) is 0 Å². The highest BCUT2D eigenvalue weighted by atomic mass is 16.4. The molecule has 0 bridgehead atoms. The molecule has 0 aromatic heterocycles. The Kier molecular flexibility index (Phi) is 2.50. The van der Waals surface area contributed by atoms with Gasteiger partial charge in [-0.2, -0.15) is 0 Å². The second kappa shape index (κ2) is 3.42. The summed E-state index contributed by atoms with van der Waals surface area (Å²) in [6.07, 6.45) is -0.320. The van der Waals surface area contributed by atoms with E-state index in [0.717, 1.165) is 0 Å². The van der Waals surface area contributed by atoms with Gasteiger partial charge in [0.15, 0.2) is 0 Å². The fourth-order valence-corrected chi connectivity index (χ4v) is 1.38. The minimum absolute atomic E-state index is 0.0245. The molecule has 6 heteroatoms. The first-order chi connectivity index (χ1) is 6.00. The summed E-state index contributed by atoms with van der Waals surface area (Å²) in [6.45, 7) is 0. The van der Waals surface area contributed by atoms with E-state index in [1.807, 2.05) is 0 Å². The van der Waals surface area contributed by atoms with E-state index in [4.69, 9.17) is 10.2 Å². The van der Waals surface area contributed by atoms with Crippen LogP contribution in [0.1, 0.15) is 12.8 Å². The number of carboxylic acid groups (broad SMARTS) is 2. The van der Waals surface area contributed by atoms with Gasteiger partial charge in [-0.25, -0.2) is 4.79 Å². The molecule has 0 radical (unpaired) electrons. The predicted molar refractivity (Wildman–Crippen MR) is 39.9 cm³/mol. The number of rotatable bonds is 3. The number of hydrogen-bond donors (Lipinski definition) is 3. The molecule has 2 atom stereocenters. The summed E-state index contributed by atoms with van der Waals surface area (Å²) in [4.78, 5) is 31.6. The first kappa shape index (κ1) is 9.50. The van der Waals surface area contributed by atoms with Crippen LogP contribution in [0.5, 0.6) is 0 Å². The third-order valence-corrected chi connectivity index (χ3v) is 1.94. The molecule has 0 aromatic rings. The van der Waals surface area contributed by atoms with Crippen molar-refractivity contribution in [1.29, 1.82) is 0 Å².